The second kappa shape index (κ2) is 8.10. The molecule has 1 atom stereocenters. The Morgan fingerprint density at radius 3 is 2.84 bits per heavy atom. The minimum absolute atomic E-state index is 0.155. The fourth-order valence-electron chi connectivity index (χ4n) is 4.61. The van der Waals surface area contributed by atoms with Crippen molar-refractivity contribution in [3.8, 4) is 22.9 Å². The molecule has 2 aromatic heterocycles. The van der Waals surface area contributed by atoms with Gasteiger partial charge in [-0.05, 0) is 25.0 Å². The number of methoxy groups -OCH3 is 2. The standard InChI is InChI=1S/C22H25N7O3/c1-31-16-5-3-4-15(12-16)19-17(25-27-26-19)13-28-10-7-22(20(28)30)8-11-29(14-22)21-23-9-6-18(24-21)32-2/h3-6,9,12H,7-8,10-11,13-14H2,1-2H3,(H,25,26,27). The van der Waals surface area contributed by atoms with E-state index in [9.17, 15) is 4.79 Å². The lowest BCUT2D eigenvalue weighted by atomic mass is 9.85. The zero-order valence-electron chi connectivity index (χ0n) is 18.1. The van der Waals surface area contributed by atoms with E-state index in [2.05, 4.69) is 30.3 Å². The van der Waals surface area contributed by atoms with Crippen LogP contribution in [-0.2, 0) is 11.3 Å². The van der Waals surface area contributed by atoms with Crippen LogP contribution < -0.4 is 14.4 Å². The maximum Gasteiger partial charge on any atom is 0.231 e. The van der Waals surface area contributed by atoms with Crippen LogP contribution in [0.4, 0.5) is 5.95 Å². The third-order valence-electron chi connectivity index (χ3n) is 6.37. The number of aromatic amines is 1. The zero-order valence-corrected chi connectivity index (χ0v) is 18.1. The fourth-order valence-corrected chi connectivity index (χ4v) is 4.61. The normalized spacial score (nSPS) is 20.4. The summed E-state index contributed by atoms with van der Waals surface area (Å²) in [5.74, 6) is 2.02. The van der Waals surface area contributed by atoms with Gasteiger partial charge in [0.2, 0.25) is 17.7 Å². The van der Waals surface area contributed by atoms with Gasteiger partial charge in [0.1, 0.15) is 17.1 Å². The van der Waals surface area contributed by atoms with Gasteiger partial charge in [-0.25, -0.2) is 4.98 Å². The van der Waals surface area contributed by atoms with Crippen LogP contribution in [0, 0.1) is 5.41 Å². The lowest BCUT2D eigenvalue weighted by Crippen LogP contribution is -2.37. The minimum atomic E-state index is -0.410. The Morgan fingerprint density at radius 2 is 2.00 bits per heavy atom. The van der Waals surface area contributed by atoms with Gasteiger partial charge >= 0.3 is 0 Å². The fraction of sp³-hybridized carbons (Fsp3) is 0.409. The first-order valence-corrected chi connectivity index (χ1v) is 10.6. The molecule has 0 bridgehead atoms. The van der Waals surface area contributed by atoms with Gasteiger partial charge in [0.15, 0.2) is 0 Å². The summed E-state index contributed by atoms with van der Waals surface area (Å²) in [6.07, 6.45) is 3.27. The first-order chi connectivity index (χ1) is 15.6. The van der Waals surface area contributed by atoms with Gasteiger partial charge < -0.3 is 19.3 Å². The van der Waals surface area contributed by atoms with Gasteiger partial charge in [-0.15, -0.1) is 0 Å². The first kappa shape index (κ1) is 20.2. The molecule has 0 aliphatic carbocycles. The van der Waals surface area contributed by atoms with E-state index in [1.54, 1.807) is 26.5 Å². The Kier molecular flexibility index (Phi) is 5.12. The van der Waals surface area contributed by atoms with Crippen LogP contribution in [0.15, 0.2) is 36.5 Å². The van der Waals surface area contributed by atoms with Crippen molar-refractivity contribution >= 4 is 11.9 Å². The molecule has 1 spiro atoms. The number of nitrogens with zero attached hydrogens (tertiary/aromatic N) is 6. The molecule has 2 saturated heterocycles. The Bertz CT molecular complexity index is 1130. The quantitative estimate of drug-likeness (QED) is 0.625. The molecule has 10 nitrogen and oxygen atoms in total. The molecule has 1 unspecified atom stereocenters. The maximum absolute atomic E-state index is 13.5. The largest absolute Gasteiger partial charge is 0.497 e. The van der Waals surface area contributed by atoms with Crippen molar-refractivity contribution in [2.45, 2.75) is 19.4 Å². The number of rotatable bonds is 6. The molecule has 2 aliphatic heterocycles. The number of aromatic nitrogens is 5. The van der Waals surface area contributed by atoms with Crippen LogP contribution in [0.3, 0.4) is 0 Å². The highest BCUT2D eigenvalue weighted by Crippen LogP contribution is 2.42. The molecule has 10 heteroatoms. The number of likely N-dealkylation sites (tertiary alicyclic amines) is 1. The smallest absolute Gasteiger partial charge is 0.231 e. The van der Waals surface area contributed by atoms with Crippen molar-refractivity contribution in [2.24, 2.45) is 5.41 Å². The number of hydrogen-bond acceptors (Lipinski definition) is 8. The molecule has 3 aromatic rings. The molecule has 0 radical (unpaired) electrons. The average Bonchev–Trinajstić information content (AvgIpc) is 3.56. The maximum atomic E-state index is 13.5. The molecule has 5 rings (SSSR count). The van der Waals surface area contributed by atoms with Gasteiger partial charge in [-0.2, -0.15) is 20.4 Å². The SMILES string of the molecule is COc1cccc(-c2n[nH]nc2CN2CCC3(CCN(c4nccc(OC)n4)C3)C2=O)c1. The molecular weight excluding hydrogens is 410 g/mol. The number of carbonyl (C=O) groups excluding carboxylic acids is 1. The number of benzene rings is 1. The Balaban J connectivity index is 1.31. The van der Waals surface area contributed by atoms with Gasteiger partial charge in [-0.3, -0.25) is 4.79 Å². The number of anilines is 1. The molecule has 0 saturated carbocycles. The number of carbonyl (C=O) groups is 1. The highest BCUT2D eigenvalue weighted by Gasteiger charge is 2.51. The molecule has 1 amide bonds. The molecule has 1 aromatic carbocycles. The van der Waals surface area contributed by atoms with Crippen LogP contribution >= 0.6 is 0 Å². The van der Waals surface area contributed by atoms with E-state index in [0.29, 0.717) is 31.5 Å². The van der Waals surface area contributed by atoms with E-state index < -0.39 is 5.41 Å². The number of hydrogen-bond donors (Lipinski definition) is 1. The third kappa shape index (κ3) is 3.51. The van der Waals surface area contributed by atoms with Crippen molar-refractivity contribution in [3.63, 3.8) is 0 Å². The van der Waals surface area contributed by atoms with Crippen LogP contribution in [0.1, 0.15) is 18.5 Å². The van der Waals surface area contributed by atoms with Crippen molar-refractivity contribution in [1.82, 2.24) is 30.3 Å². The predicted molar refractivity (Wildman–Crippen MR) is 116 cm³/mol. The second-order valence-electron chi connectivity index (χ2n) is 8.18. The molecule has 4 heterocycles. The molecule has 1 N–H and O–H groups in total. The number of nitrogens with one attached hydrogen (secondary N) is 1. The summed E-state index contributed by atoms with van der Waals surface area (Å²) in [6.45, 7) is 2.46. The number of H-pyrrole nitrogens is 1. The van der Waals surface area contributed by atoms with Crippen LogP contribution in [0.2, 0.25) is 0 Å². The molecule has 166 valence electrons. The van der Waals surface area contributed by atoms with E-state index in [-0.39, 0.29) is 5.91 Å². The predicted octanol–water partition coefficient (Wildman–Crippen LogP) is 1.91. The van der Waals surface area contributed by atoms with Gasteiger partial charge in [0, 0.05) is 37.5 Å². The summed E-state index contributed by atoms with van der Waals surface area (Å²) >= 11 is 0. The van der Waals surface area contributed by atoms with Gasteiger partial charge in [0.05, 0.1) is 26.2 Å². The van der Waals surface area contributed by atoms with Crippen molar-refractivity contribution in [2.75, 3.05) is 38.8 Å². The first-order valence-electron chi connectivity index (χ1n) is 10.6. The molecular formula is C22H25N7O3. The Morgan fingerprint density at radius 1 is 1.12 bits per heavy atom. The minimum Gasteiger partial charge on any atom is -0.497 e. The van der Waals surface area contributed by atoms with E-state index >= 15 is 0 Å². The summed E-state index contributed by atoms with van der Waals surface area (Å²) < 4.78 is 10.5. The van der Waals surface area contributed by atoms with E-state index in [0.717, 1.165) is 42.1 Å². The van der Waals surface area contributed by atoms with Crippen LogP contribution in [-0.4, -0.2) is 70.0 Å². The van der Waals surface area contributed by atoms with Crippen LogP contribution in [0.25, 0.3) is 11.3 Å². The summed E-state index contributed by atoms with van der Waals surface area (Å²) in [4.78, 5) is 26.2. The van der Waals surface area contributed by atoms with Gasteiger partial charge in [0.25, 0.3) is 0 Å². The van der Waals surface area contributed by atoms with Crippen molar-refractivity contribution in [3.05, 3.63) is 42.2 Å². The lowest BCUT2D eigenvalue weighted by molar-refractivity contribution is -0.135. The van der Waals surface area contributed by atoms with Gasteiger partial charge in [-0.1, -0.05) is 12.1 Å². The zero-order chi connectivity index (χ0) is 22.1. The monoisotopic (exact) mass is 435 g/mol. The molecule has 32 heavy (non-hydrogen) atoms. The van der Waals surface area contributed by atoms with E-state index in [1.165, 1.54) is 0 Å². The topological polar surface area (TPSA) is 109 Å². The highest BCUT2D eigenvalue weighted by molar-refractivity contribution is 5.86. The second-order valence-corrected chi connectivity index (χ2v) is 8.18. The molecule has 2 aliphatic rings. The van der Waals surface area contributed by atoms with Crippen LogP contribution in [0.5, 0.6) is 11.6 Å². The summed E-state index contributed by atoms with van der Waals surface area (Å²) in [5.41, 5.74) is 1.97. The summed E-state index contributed by atoms with van der Waals surface area (Å²) in [5, 5.41) is 11.4. The van der Waals surface area contributed by atoms with E-state index in [1.807, 2.05) is 29.2 Å². The Labute approximate surface area is 185 Å². The van der Waals surface area contributed by atoms with Crippen molar-refractivity contribution < 1.29 is 14.3 Å². The van der Waals surface area contributed by atoms with E-state index in [4.69, 9.17) is 9.47 Å². The summed E-state index contributed by atoms with van der Waals surface area (Å²) in [7, 11) is 3.21. The summed E-state index contributed by atoms with van der Waals surface area (Å²) in [6, 6.07) is 9.39. The lowest BCUT2D eigenvalue weighted by Gasteiger charge is -2.23. The Hall–Kier alpha value is -3.69. The number of ether oxygens (including phenoxy) is 2. The number of amides is 1. The van der Waals surface area contributed by atoms with Crippen molar-refractivity contribution in [1.29, 1.82) is 0 Å². The molecule has 2 fully saturated rings. The highest BCUT2D eigenvalue weighted by atomic mass is 16.5. The average molecular weight is 435 g/mol. The third-order valence-corrected chi connectivity index (χ3v) is 6.37.